The van der Waals surface area contributed by atoms with Gasteiger partial charge in [-0.05, 0) is 37.6 Å². The number of piperidine rings is 1. The smallest absolute Gasteiger partial charge is 0.123 e. The third-order valence-electron chi connectivity index (χ3n) is 3.36. The molecule has 100 valence electrons. The molecule has 1 aliphatic heterocycles. The lowest BCUT2D eigenvalue weighted by Crippen LogP contribution is -2.41. The van der Waals surface area contributed by atoms with E-state index in [0.717, 1.165) is 29.9 Å². The standard InChI is InChI=1S/C14H21BrN2O/c1-18-14-6-5-12(15)8-11(14)9-16-10-13-4-2-3-7-17-13/h5-6,8,13,16-17H,2-4,7,9-10H2,1H3. The minimum Gasteiger partial charge on any atom is -0.496 e. The predicted octanol–water partition coefficient (Wildman–Crippen LogP) is 2.69. The zero-order chi connectivity index (χ0) is 12.8. The first-order valence-corrected chi connectivity index (χ1v) is 7.35. The molecule has 0 spiro atoms. The van der Waals surface area contributed by atoms with Crippen LogP contribution in [0, 0.1) is 0 Å². The molecule has 1 aromatic rings. The molecule has 1 aliphatic rings. The number of hydrogen-bond donors (Lipinski definition) is 2. The maximum Gasteiger partial charge on any atom is 0.123 e. The molecule has 2 N–H and O–H groups in total. The molecule has 4 heteroatoms. The summed E-state index contributed by atoms with van der Waals surface area (Å²) in [5.74, 6) is 0.947. The molecule has 0 saturated carbocycles. The lowest BCUT2D eigenvalue weighted by atomic mass is 10.1. The Bertz CT molecular complexity index is 378. The molecule has 0 aliphatic carbocycles. The Morgan fingerprint density at radius 3 is 3.06 bits per heavy atom. The third-order valence-corrected chi connectivity index (χ3v) is 3.85. The molecule has 0 bridgehead atoms. The summed E-state index contributed by atoms with van der Waals surface area (Å²) in [5, 5.41) is 7.05. The highest BCUT2D eigenvalue weighted by atomic mass is 79.9. The Morgan fingerprint density at radius 2 is 2.33 bits per heavy atom. The normalized spacial score (nSPS) is 19.8. The van der Waals surface area contributed by atoms with Crippen molar-refractivity contribution in [3.63, 3.8) is 0 Å². The van der Waals surface area contributed by atoms with Gasteiger partial charge in [0.05, 0.1) is 7.11 Å². The highest BCUT2D eigenvalue weighted by Gasteiger charge is 2.12. The van der Waals surface area contributed by atoms with Crippen LogP contribution in [0.3, 0.4) is 0 Å². The molecule has 3 nitrogen and oxygen atoms in total. The summed E-state index contributed by atoms with van der Waals surface area (Å²) in [7, 11) is 1.72. The van der Waals surface area contributed by atoms with E-state index in [4.69, 9.17) is 4.74 Å². The molecule has 18 heavy (non-hydrogen) atoms. The number of benzene rings is 1. The van der Waals surface area contributed by atoms with E-state index in [1.165, 1.54) is 24.8 Å². The van der Waals surface area contributed by atoms with Crippen LogP contribution in [0.5, 0.6) is 5.75 Å². The van der Waals surface area contributed by atoms with E-state index in [0.29, 0.717) is 6.04 Å². The van der Waals surface area contributed by atoms with Gasteiger partial charge < -0.3 is 15.4 Å². The maximum atomic E-state index is 5.37. The number of ether oxygens (including phenoxy) is 1. The van der Waals surface area contributed by atoms with Crippen LogP contribution in [0.2, 0.25) is 0 Å². The van der Waals surface area contributed by atoms with Gasteiger partial charge in [-0.1, -0.05) is 22.4 Å². The van der Waals surface area contributed by atoms with Crippen molar-refractivity contribution in [2.24, 2.45) is 0 Å². The van der Waals surface area contributed by atoms with Crippen LogP contribution in [0.15, 0.2) is 22.7 Å². The lowest BCUT2D eigenvalue weighted by molar-refractivity contribution is 0.378. The molecule has 1 saturated heterocycles. The highest BCUT2D eigenvalue weighted by Crippen LogP contribution is 2.22. The quantitative estimate of drug-likeness (QED) is 0.877. The molecule has 0 radical (unpaired) electrons. The summed E-state index contributed by atoms with van der Waals surface area (Å²) in [6.45, 7) is 3.03. The van der Waals surface area contributed by atoms with Crippen molar-refractivity contribution in [2.75, 3.05) is 20.2 Å². The van der Waals surface area contributed by atoms with Crippen LogP contribution < -0.4 is 15.4 Å². The first-order chi connectivity index (χ1) is 8.79. The fourth-order valence-electron chi connectivity index (χ4n) is 2.36. The van der Waals surface area contributed by atoms with Crippen molar-refractivity contribution in [3.05, 3.63) is 28.2 Å². The van der Waals surface area contributed by atoms with E-state index >= 15 is 0 Å². The molecule has 2 rings (SSSR count). The maximum absolute atomic E-state index is 5.37. The second-order valence-electron chi connectivity index (χ2n) is 4.73. The molecule has 1 aromatic carbocycles. The van der Waals surface area contributed by atoms with E-state index in [1.807, 2.05) is 12.1 Å². The first-order valence-electron chi connectivity index (χ1n) is 6.56. The monoisotopic (exact) mass is 312 g/mol. The summed E-state index contributed by atoms with van der Waals surface area (Å²) in [6, 6.07) is 6.74. The Hall–Kier alpha value is -0.580. The van der Waals surface area contributed by atoms with Gasteiger partial charge in [0.15, 0.2) is 0 Å². The van der Waals surface area contributed by atoms with Gasteiger partial charge in [-0.3, -0.25) is 0 Å². The summed E-state index contributed by atoms with van der Waals surface area (Å²) < 4.78 is 6.46. The molecule has 1 heterocycles. The van der Waals surface area contributed by atoms with Gasteiger partial charge in [0, 0.05) is 29.2 Å². The topological polar surface area (TPSA) is 33.3 Å². The predicted molar refractivity (Wildman–Crippen MR) is 78.0 cm³/mol. The van der Waals surface area contributed by atoms with Crippen molar-refractivity contribution < 1.29 is 4.74 Å². The van der Waals surface area contributed by atoms with Gasteiger partial charge in [-0.25, -0.2) is 0 Å². The van der Waals surface area contributed by atoms with E-state index in [9.17, 15) is 0 Å². The summed E-state index contributed by atoms with van der Waals surface area (Å²) in [4.78, 5) is 0. The van der Waals surface area contributed by atoms with Gasteiger partial charge in [-0.2, -0.15) is 0 Å². The Kier molecular flexibility index (Phi) is 5.47. The average molecular weight is 313 g/mol. The van der Waals surface area contributed by atoms with Gasteiger partial charge in [0.2, 0.25) is 0 Å². The van der Waals surface area contributed by atoms with E-state index in [1.54, 1.807) is 7.11 Å². The molecular formula is C14H21BrN2O. The van der Waals surface area contributed by atoms with E-state index in [-0.39, 0.29) is 0 Å². The molecular weight excluding hydrogens is 292 g/mol. The van der Waals surface area contributed by atoms with Gasteiger partial charge in [0.25, 0.3) is 0 Å². The zero-order valence-electron chi connectivity index (χ0n) is 10.8. The van der Waals surface area contributed by atoms with Gasteiger partial charge in [-0.15, -0.1) is 0 Å². The molecule has 1 unspecified atom stereocenters. The summed E-state index contributed by atoms with van der Waals surface area (Å²) in [5.41, 5.74) is 1.20. The number of nitrogens with one attached hydrogen (secondary N) is 2. The minimum atomic E-state index is 0.622. The first kappa shape index (κ1) is 13.8. The highest BCUT2D eigenvalue weighted by molar-refractivity contribution is 9.10. The van der Waals surface area contributed by atoms with Crippen LogP contribution >= 0.6 is 15.9 Å². The molecule has 1 fully saturated rings. The van der Waals surface area contributed by atoms with Crippen LogP contribution in [-0.4, -0.2) is 26.2 Å². The fraction of sp³-hybridized carbons (Fsp3) is 0.571. The van der Waals surface area contributed by atoms with E-state index < -0.39 is 0 Å². The van der Waals surface area contributed by atoms with Crippen molar-refractivity contribution >= 4 is 15.9 Å². The second kappa shape index (κ2) is 7.12. The Labute approximate surface area is 117 Å². The van der Waals surface area contributed by atoms with Crippen molar-refractivity contribution in [3.8, 4) is 5.75 Å². The average Bonchev–Trinajstić information content (AvgIpc) is 2.40. The molecule has 1 atom stereocenters. The summed E-state index contributed by atoms with van der Waals surface area (Å²) >= 11 is 3.50. The fourth-order valence-corrected chi connectivity index (χ4v) is 2.77. The number of rotatable bonds is 5. The van der Waals surface area contributed by atoms with Crippen molar-refractivity contribution in [2.45, 2.75) is 31.8 Å². The zero-order valence-corrected chi connectivity index (χ0v) is 12.4. The molecule has 0 aromatic heterocycles. The van der Waals surface area contributed by atoms with Gasteiger partial charge >= 0.3 is 0 Å². The Balaban J connectivity index is 1.83. The lowest BCUT2D eigenvalue weighted by Gasteiger charge is -2.23. The molecule has 0 amide bonds. The van der Waals surface area contributed by atoms with Crippen LogP contribution in [0.1, 0.15) is 24.8 Å². The SMILES string of the molecule is COc1ccc(Br)cc1CNCC1CCCCN1. The number of hydrogen-bond acceptors (Lipinski definition) is 3. The van der Waals surface area contributed by atoms with Crippen LogP contribution in [0.4, 0.5) is 0 Å². The van der Waals surface area contributed by atoms with E-state index in [2.05, 4.69) is 32.6 Å². The van der Waals surface area contributed by atoms with Gasteiger partial charge in [0.1, 0.15) is 5.75 Å². The van der Waals surface area contributed by atoms with Crippen LogP contribution in [-0.2, 0) is 6.54 Å². The third kappa shape index (κ3) is 3.97. The number of methoxy groups -OCH3 is 1. The van der Waals surface area contributed by atoms with Crippen LogP contribution in [0.25, 0.3) is 0 Å². The summed E-state index contributed by atoms with van der Waals surface area (Å²) in [6.07, 6.45) is 3.94. The van der Waals surface area contributed by atoms with Crippen molar-refractivity contribution in [1.82, 2.24) is 10.6 Å². The second-order valence-corrected chi connectivity index (χ2v) is 5.65. The Morgan fingerprint density at radius 1 is 1.44 bits per heavy atom. The minimum absolute atomic E-state index is 0.622. The number of halogens is 1. The van der Waals surface area contributed by atoms with Crippen molar-refractivity contribution in [1.29, 1.82) is 0 Å². The largest absolute Gasteiger partial charge is 0.496 e.